The van der Waals surface area contributed by atoms with E-state index in [-0.39, 0.29) is 0 Å². The average Bonchev–Trinajstić information content (AvgIpc) is 1.37. The molecule has 0 spiro atoms. The van der Waals surface area contributed by atoms with Crippen molar-refractivity contribution in [2.45, 2.75) is 0 Å². The van der Waals surface area contributed by atoms with E-state index in [4.69, 9.17) is 5.16 Å². The van der Waals surface area contributed by atoms with Crippen LogP contribution in [0.4, 0.5) is 0 Å². The van der Waals surface area contributed by atoms with Gasteiger partial charge in [-0.1, -0.05) is 8.27 Å². The van der Waals surface area contributed by atoms with Crippen LogP contribution in [0.25, 0.3) is 0 Å². The maximum Gasteiger partial charge on any atom is 0.0222 e. The SMILES string of the molecule is CPP=N. The third kappa shape index (κ3) is 2.53. The van der Waals surface area contributed by atoms with Gasteiger partial charge in [-0.05, 0) is 6.66 Å². The van der Waals surface area contributed by atoms with Gasteiger partial charge in [-0.15, -0.1) is 0 Å². The minimum atomic E-state index is 0.776. The highest BCUT2D eigenvalue weighted by Gasteiger charge is 1.47. The monoisotopic (exact) mass is 93.0 g/mol. The largest absolute Gasteiger partial charge is 0.280 e. The molecule has 0 radical (unpaired) electrons. The van der Waals surface area contributed by atoms with Crippen LogP contribution in [0.3, 0.4) is 0 Å². The lowest BCUT2D eigenvalue weighted by molar-refractivity contribution is 1.66. The zero-order valence-corrected chi connectivity index (χ0v) is 4.34. The van der Waals surface area contributed by atoms with Gasteiger partial charge < -0.3 is 0 Å². The summed E-state index contributed by atoms with van der Waals surface area (Å²) in [5.41, 5.74) is 0. The van der Waals surface area contributed by atoms with Crippen molar-refractivity contribution in [2.24, 2.45) is 0 Å². The van der Waals surface area contributed by atoms with E-state index >= 15 is 0 Å². The summed E-state index contributed by atoms with van der Waals surface area (Å²) >= 11 is 0. The van der Waals surface area contributed by atoms with Crippen LogP contribution in [0.5, 0.6) is 0 Å². The molecule has 24 valence electrons. The first-order valence-electron chi connectivity index (χ1n) is 0.947. The number of rotatable bonds is 1. The summed E-state index contributed by atoms with van der Waals surface area (Å²) < 4.78 is 0. The Morgan fingerprint density at radius 1 is 2.00 bits per heavy atom. The van der Waals surface area contributed by atoms with Gasteiger partial charge in [0.15, 0.2) is 0 Å². The Labute approximate surface area is 29.2 Å². The first-order chi connectivity index (χ1) is 1.91. The van der Waals surface area contributed by atoms with E-state index in [2.05, 4.69) is 0 Å². The fourth-order valence-corrected chi connectivity index (χ4v) is 0. The van der Waals surface area contributed by atoms with E-state index in [9.17, 15) is 0 Å². The molecule has 3 heteroatoms. The van der Waals surface area contributed by atoms with Gasteiger partial charge in [0.1, 0.15) is 0 Å². The predicted molar refractivity (Wildman–Crippen MR) is 23.9 cm³/mol. The van der Waals surface area contributed by atoms with E-state index < -0.39 is 0 Å². The van der Waals surface area contributed by atoms with Crippen LogP contribution >= 0.6 is 16.3 Å². The van der Waals surface area contributed by atoms with Crippen LogP contribution in [-0.4, -0.2) is 6.66 Å². The Kier molecular flexibility index (Phi) is 4.00. The van der Waals surface area contributed by atoms with Crippen molar-refractivity contribution in [1.29, 1.82) is 5.16 Å². The minimum Gasteiger partial charge on any atom is -0.280 e. The molecule has 0 saturated heterocycles. The fraction of sp³-hybridized carbons (Fsp3) is 1.00. The van der Waals surface area contributed by atoms with Crippen molar-refractivity contribution >= 4 is 16.3 Å². The summed E-state index contributed by atoms with van der Waals surface area (Å²) in [4.78, 5) is 0. The highest BCUT2D eigenvalue weighted by Crippen LogP contribution is 2.19. The van der Waals surface area contributed by atoms with Gasteiger partial charge in [0.05, 0.1) is 0 Å². The molecule has 4 heavy (non-hydrogen) atoms. The molecule has 0 aliphatic rings. The van der Waals surface area contributed by atoms with Crippen molar-refractivity contribution in [3.63, 3.8) is 0 Å². The van der Waals surface area contributed by atoms with Crippen molar-refractivity contribution in [2.75, 3.05) is 6.66 Å². The highest BCUT2D eigenvalue weighted by atomic mass is 32.0. The second-order valence-electron chi connectivity index (χ2n) is 0.335. The van der Waals surface area contributed by atoms with Crippen LogP contribution in [0, 0.1) is 5.16 Å². The van der Waals surface area contributed by atoms with Crippen molar-refractivity contribution < 1.29 is 0 Å². The fourth-order valence-electron chi connectivity index (χ4n) is 0. The number of hydrogen-bond acceptors (Lipinski definition) is 1. The van der Waals surface area contributed by atoms with E-state index in [1.54, 1.807) is 0 Å². The lowest BCUT2D eigenvalue weighted by Crippen LogP contribution is -1.03. The summed E-state index contributed by atoms with van der Waals surface area (Å²) in [6.45, 7) is 2.01. The zero-order chi connectivity index (χ0) is 3.41. The second kappa shape index (κ2) is 3.53. The summed E-state index contributed by atoms with van der Waals surface area (Å²) in [5.74, 6) is 0. The first-order valence-corrected chi connectivity index (χ1v) is 4.18. The lowest BCUT2D eigenvalue weighted by atomic mass is 12.0. The van der Waals surface area contributed by atoms with Gasteiger partial charge >= 0.3 is 0 Å². The van der Waals surface area contributed by atoms with Gasteiger partial charge in [-0.25, -0.2) is 0 Å². The van der Waals surface area contributed by atoms with Gasteiger partial charge in [0.25, 0.3) is 0 Å². The normalized spacial score (nSPS) is 11.2. The van der Waals surface area contributed by atoms with Gasteiger partial charge in [0, 0.05) is 8.06 Å². The van der Waals surface area contributed by atoms with Crippen molar-refractivity contribution in [1.82, 2.24) is 0 Å². The van der Waals surface area contributed by atoms with Crippen LogP contribution in [0.1, 0.15) is 0 Å². The van der Waals surface area contributed by atoms with Crippen LogP contribution in [0.2, 0.25) is 0 Å². The molecule has 0 amide bonds. The van der Waals surface area contributed by atoms with E-state index in [1.165, 1.54) is 0 Å². The topological polar surface area (TPSA) is 23.9 Å². The Balaban J connectivity index is 2.30. The van der Waals surface area contributed by atoms with E-state index in [0.717, 1.165) is 16.3 Å². The lowest BCUT2D eigenvalue weighted by Gasteiger charge is -1.55. The summed E-state index contributed by atoms with van der Waals surface area (Å²) in [6.07, 6.45) is 0. The van der Waals surface area contributed by atoms with E-state index in [0.29, 0.717) is 0 Å². The van der Waals surface area contributed by atoms with Crippen molar-refractivity contribution in [3.8, 4) is 0 Å². The summed E-state index contributed by atoms with van der Waals surface area (Å²) in [5, 5.41) is 6.44. The molecule has 0 aromatic heterocycles. The molecule has 0 aromatic carbocycles. The molecule has 0 aliphatic heterocycles. The molecule has 1 N–H and O–H groups in total. The smallest absolute Gasteiger partial charge is 0.0222 e. The summed E-state index contributed by atoms with van der Waals surface area (Å²) in [7, 11) is 1.56. The molecular formula is CH5NP2. The predicted octanol–water partition coefficient (Wildman–Crippen LogP) is 1.92. The third-order valence-corrected chi connectivity index (χ3v) is 1.01. The minimum absolute atomic E-state index is 0.776. The Bertz CT molecular complexity index is 20.0. The van der Waals surface area contributed by atoms with E-state index in [1.807, 2.05) is 6.66 Å². The molecule has 1 nitrogen and oxygen atoms in total. The zero-order valence-electron chi connectivity index (χ0n) is 2.45. The molecule has 0 aliphatic carbocycles. The van der Waals surface area contributed by atoms with Gasteiger partial charge in [-0.2, -0.15) is 0 Å². The molecule has 0 bridgehead atoms. The molecule has 0 rings (SSSR count). The summed E-state index contributed by atoms with van der Waals surface area (Å²) in [6, 6.07) is 0. The quantitative estimate of drug-likeness (QED) is 0.479. The highest BCUT2D eigenvalue weighted by molar-refractivity contribution is 8.06. The number of nitrogens with one attached hydrogen (secondary N) is 1. The maximum absolute atomic E-state index is 6.44. The van der Waals surface area contributed by atoms with Gasteiger partial charge in [-0.3, -0.25) is 5.16 Å². The second-order valence-corrected chi connectivity index (χ2v) is 3.02. The van der Waals surface area contributed by atoms with Crippen LogP contribution in [0.15, 0.2) is 0 Å². The third-order valence-electron chi connectivity index (χ3n) is 0.112. The van der Waals surface area contributed by atoms with Crippen molar-refractivity contribution in [3.05, 3.63) is 0 Å². The van der Waals surface area contributed by atoms with Crippen LogP contribution < -0.4 is 0 Å². The maximum atomic E-state index is 6.44. The molecule has 1 unspecified atom stereocenters. The molecule has 0 aromatic rings. The Morgan fingerprint density at radius 2 is 2.25 bits per heavy atom. The van der Waals surface area contributed by atoms with Crippen LogP contribution in [-0.2, 0) is 0 Å². The van der Waals surface area contributed by atoms with Gasteiger partial charge in [0.2, 0.25) is 0 Å². The molecule has 0 fully saturated rings. The standard InChI is InChI=1S/CH5NP2/c1-3-4-2/h2-3H,1H3. The Morgan fingerprint density at radius 3 is 2.25 bits per heavy atom. The Hall–Kier alpha value is 0.530. The number of hydrogen-bond donors (Lipinski definition) is 1. The molecule has 1 atom stereocenters. The molecular weight excluding hydrogens is 88.0 g/mol. The average molecular weight is 93.0 g/mol. The first kappa shape index (κ1) is 4.53. The molecule has 0 saturated carbocycles. The molecule has 0 heterocycles.